The summed E-state index contributed by atoms with van der Waals surface area (Å²) in [6.07, 6.45) is 2.33. The van der Waals surface area contributed by atoms with Gasteiger partial charge in [-0.15, -0.1) is 0 Å². The van der Waals surface area contributed by atoms with Gasteiger partial charge in [0.2, 0.25) is 6.10 Å². The monoisotopic (exact) mass is 492 g/mol. The second-order valence-electron chi connectivity index (χ2n) is 6.42. The molecule has 1 aliphatic heterocycles. The minimum absolute atomic E-state index is 0.104. The van der Waals surface area contributed by atoms with Crippen LogP contribution in [0.5, 0.6) is 5.75 Å². The Balaban J connectivity index is 1.32. The SMILES string of the molecule is O=C(Nc1cnn(COc2ccc(Br)cc2)c1)C1CC(c2c(F)cccc2Cl)=NO1. The number of aromatic nitrogens is 2. The Hall–Kier alpha value is -2.91. The van der Waals surface area contributed by atoms with Crippen LogP contribution in [0.1, 0.15) is 12.0 Å². The van der Waals surface area contributed by atoms with E-state index in [9.17, 15) is 9.18 Å². The van der Waals surface area contributed by atoms with E-state index in [2.05, 4.69) is 31.5 Å². The summed E-state index contributed by atoms with van der Waals surface area (Å²) in [7, 11) is 0. The molecule has 3 aromatic rings. The molecule has 0 spiro atoms. The minimum Gasteiger partial charge on any atom is -0.471 e. The molecule has 0 bridgehead atoms. The number of ether oxygens (including phenoxy) is 1. The lowest BCUT2D eigenvalue weighted by molar-refractivity contribution is -0.125. The first kappa shape index (κ1) is 20.4. The van der Waals surface area contributed by atoms with Gasteiger partial charge in [-0.3, -0.25) is 4.79 Å². The second-order valence-corrected chi connectivity index (χ2v) is 7.74. The number of nitrogens with zero attached hydrogens (tertiary/aromatic N) is 3. The van der Waals surface area contributed by atoms with Crippen LogP contribution in [0.25, 0.3) is 0 Å². The molecule has 2 heterocycles. The third-order valence-corrected chi connectivity index (χ3v) is 5.13. The van der Waals surface area contributed by atoms with Crippen LogP contribution >= 0.6 is 27.5 Å². The van der Waals surface area contributed by atoms with Crippen molar-refractivity contribution in [3.63, 3.8) is 0 Å². The molecule has 154 valence electrons. The average molecular weight is 494 g/mol. The van der Waals surface area contributed by atoms with Crippen LogP contribution in [0, 0.1) is 5.82 Å². The van der Waals surface area contributed by atoms with Crippen LogP contribution in [0.3, 0.4) is 0 Å². The number of oxime groups is 1. The van der Waals surface area contributed by atoms with Gasteiger partial charge in [-0.2, -0.15) is 5.10 Å². The molecule has 1 unspecified atom stereocenters. The van der Waals surface area contributed by atoms with Crippen molar-refractivity contribution in [3.8, 4) is 5.75 Å². The van der Waals surface area contributed by atoms with Crippen molar-refractivity contribution in [2.75, 3.05) is 5.32 Å². The maximum absolute atomic E-state index is 14.0. The van der Waals surface area contributed by atoms with Crippen molar-refractivity contribution >= 4 is 44.8 Å². The Labute approximate surface area is 184 Å². The minimum atomic E-state index is -0.891. The van der Waals surface area contributed by atoms with Gasteiger partial charge < -0.3 is 14.9 Å². The molecule has 0 saturated carbocycles. The Morgan fingerprint density at radius 3 is 2.90 bits per heavy atom. The fourth-order valence-corrected chi connectivity index (χ4v) is 3.37. The van der Waals surface area contributed by atoms with Crippen molar-refractivity contribution in [2.45, 2.75) is 19.3 Å². The third-order valence-electron chi connectivity index (χ3n) is 4.29. The van der Waals surface area contributed by atoms with Crippen LogP contribution in [-0.2, 0) is 16.4 Å². The summed E-state index contributed by atoms with van der Waals surface area (Å²) in [6, 6.07) is 11.7. The largest absolute Gasteiger partial charge is 0.471 e. The number of rotatable bonds is 6. The zero-order chi connectivity index (χ0) is 21.1. The molecule has 30 heavy (non-hydrogen) atoms. The topological polar surface area (TPSA) is 77.7 Å². The molecule has 1 aliphatic rings. The molecule has 10 heteroatoms. The summed E-state index contributed by atoms with van der Waals surface area (Å²) >= 11 is 9.41. The van der Waals surface area contributed by atoms with E-state index < -0.39 is 17.8 Å². The number of nitrogens with one attached hydrogen (secondary N) is 1. The first-order valence-corrected chi connectivity index (χ1v) is 10.1. The van der Waals surface area contributed by atoms with Crippen molar-refractivity contribution in [1.29, 1.82) is 0 Å². The molecule has 0 radical (unpaired) electrons. The van der Waals surface area contributed by atoms with Crippen molar-refractivity contribution < 1.29 is 18.8 Å². The molecule has 4 rings (SSSR count). The molecule has 1 amide bonds. The molecule has 1 N–H and O–H groups in total. The van der Waals surface area contributed by atoms with E-state index >= 15 is 0 Å². The lowest BCUT2D eigenvalue weighted by atomic mass is 10.0. The van der Waals surface area contributed by atoms with Crippen LogP contribution in [-0.4, -0.2) is 27.5 Å². The Morgan fingerprint density at radius 1 is 1.33 bits per heavy atom. The van der Waals surface area contributed by atoms with Crippen molar-refractivity contribution in [3.05, 3.63) is 75.7 Å². The molecule has 7 nitrogen and oxygen atoms in total. The lowest BCUT2D eigenvalue weighted by Gasteiger charge is -2.08. The predicted octanol–water partition coefficient (Wildman–Crippen LogP) is 4.61. The van der Waals surface area contributed by atoms with Gasteiger partial charge in [0.05, 0.1) is 34.4 Å². The van der Waals surface area contributed by atoms with E-state index in [4.69, 9.17) is 21.2 Å². The Morgan fingerprint density at radius 2 is 2.13 bits per heavy atom. The van der Waals surface area contributed by atoms with Crippen LogP contribution in [0.15, 0.2) is 64.5 Å². The number of benzene rings is 2. The number of hydrogen-bond acceptors (Lipinski definition) is 5. The zero-order valence-electron chi connectivity index (χ0n) is 15.4. The molecular weight excluding hydrogens is 479 g/mol. The van der Waals surface area contributed by atoms with Crippen molar-refractivity contribution in [1.82, 2.24) is 9.78 Å². The fourth-order valence-electron chi connectivity index (χ4n) is 2.83. The Bertz CT molecular complexity index is 1080. The highest BCUT2D eigenvalue weighted by Gasteiger charge is 2.31. The highest BCUT2D eigenvalue weighted by molar-refractivity contribution is 9.10. The fraction of sp³-hybridized carbons (Fsp3) is 0.150. The molecule has 1 atom stereocenters. The van der Waals surface area contributed by atoms with Crippen molar-refractivity contribution in [2.24, 2.45) is 5.16 Å². The number of carbonyl (C=O) groups is 1. The number of hydrogen-bond donors (Lipinski definition) is 1. The summed E-state index contributed by atoms with van der Waals surface area (Å²) < 4.78 is 22.2. The second kappa shape index (κ2) is 8.85. The first-order chi connectivity index (χ1) is 14.5. The molecule has 0 fully saturated rings. The number of halogens is 3. The van der Waals surface area contributed by atoms with Gasteiger partial charge in [0.15, 0.2) is 6.73 Å². The quantitative estimate of drug-likeness (QED) is 0.544. The first-order valence-electron chi connectivity index (χ1n) is 8.88. The van der Waals surface area contributed by atoms with Crippen LogP contribution in [0.4, 0.5) is 10.1 Å². The van der Waals surface area contributed by atoms with Gasteiger partial charge >= 0.3 is 0 Å². The summed E-state index contributed by atoms with van der Waals surface area (Å²) in [4.78, 5) is 17.7. The maximum atomic E-state index is 14.0. The Kier molecular flexibility index (Phi) is 6.01. The van der Waals surface area contributed by atoms with E-state index in [1.807, 2.05) is 24.3 Å². The summed E-state index contributed by atoms with van der Waals surface area (Å²) in [5.41, 5.74) is 0.907. The van der Waals surface area contributed by atoms with E-state index in [1.54, 1.807) is 12.3 Å². The molecule has 2 aromatic carbocycles. The summed E-state index contributed by atoms with van der Waals surface area (Å²) in [5.74, 6) is -0.248. The summed E-state index contributed by atoms with van der Waals surface area (Å²) in [5, 5.41) is 10.9. The highest BCUT2D eigenvalue weighted by Crippen LogP contribution is 2.26. The molecule has 0 saturated heterocycles. The maximum Gasteiger partial charge on any atom is 0.268 e. The van der Waals surface area contributed by atoms with E-state index in [1.165, 1.54) is 23.0 Å². The standard InChI is InChI=1S/C20H15BrClFN4O3/c21-12-4-6-14(7-5-12)29-11-27-10-13(9-24-27)25-20(28)18-8-17(26-30-18)19-15(22)2-1-3-16(19)23/h1-7,9-10,18H,8,11H2,(H,25,28). The molecule has 0 aliphatic carbocycles. The van der Waals surface area contributed by atoms with Gasteiger partial charge in [0.1, 0.15) is 11.6 Å². The van der Waals surface area contributed by atoms with E-state index in [-0.39, 0.29) is 29.4 Å². The number of anilines is 1. The smallest absolute Gasteiger partial charge is 0.268 e. The average Bonchev–Trinajstić information content (AvgIpc) is 3.37. The molecular formula is C20H15BrClFN4O3. The van der Waals surface area contributed by atoms with Gasteiger partial charge in [-0.1, -0.05) is 38.8 Å². The van der Waals surface area contributed by atoms with Gasteiger partial charge in [-0.25, -0.2) is 9.07 Å². The number of carbonyl (C=O) groups excluding carboxylic acids is 1. The highest BCUT2D eigenvalue weighted by atomic mass is 79.9. The lowest BCUT2D eigenvalue weighted by Crippen LogP contribution is -2.28. The molecule has 1 aromatic heterocycles. The zero-order valence-corrected chi connectivity index (χ0v) is 17.7. The normalized spacial score (nSPS) is 15.4. The van der Waals surface area contributed by atoms with Crippen LogP contribution in [0.2, 0.25) is 5.02 Å². The van der Waals surface area contributed by atoms with Gasteiger partial charge in [0.25, 0.3) is 5.91 Å². The number of amides is 1. The van der Waals surface area contributed by atoms with Gasteiger partial charge in [-0.05, 0) is 36.4 Å². The van der Waals surface area contributed by atoms with Crippen LogP contribution < -0.4 is 10.1 Å². The summed E-state index contributed by atoms with van der Waals surface area (Å²) in [6.45, 7) is 0.177. The third kappa shape index (κ3) is 4.63. The van der Waals surface area contributed by atoms with E-state index in [0.29, 0.717) is 11.4 Å². The predicted molar refractivity (Wildman–Crippen MR) is 113 cm³/mol. The van der Waals surface area contributed by atoms with Gasteiger partial charge in [0, 0.05) is 10.9 Å². The van der Waals surface area contributed by atoms with E-state index in [0.717, 1.165) is 4.47 Å².